The van der Waals surface area contributed by atoms with Gasteiger partial charge in [0.25, 0.3) is 0 Å². The third kappa shape index (κ3) is 9.12. The minimum Gasteiger partial charge on any atom is -0.357 e. The number of rotatable bonds is 6. The fraction of sp³-hybridized carbons (Fsp3) is 0.619. The van der Waals surface area contributed by atoms with Crippen molar-refractivity contribution < 1.29 is 4.79 Å². The molecule has 4 N–H and O–H groups in total. The van der Waals surface area contributed by atoms with Gasteiger partial charge in [0.15, 0.2) is 5.96 Å². The number of guanidine groups is 1. The van der Waals surface area contributed by atoms with Gasteiger partial charge in [-0.25, -0.2) is 9.79 Å². The second-order valence-corrected chi connectivity index (χ2v) is 7.75. The zero-order chi connectivity index (χ0) is 19.6. The molecule has 0 heterocycles. The number of urea groups is 1. The average molecular weight is 501 g/mol. The molecule has 0 unspecified atom stereocenters. The van der Waals surface area contributed by atoms with E-state index in [2.05, 4.69) is 35.1 Å². The molecule has 1 aromatic carbocycles. The van der Waals surface area contributed by atoms with E-state index >= 15 is 0 Å². The Labute approximate surface area is 186 Å². The molecular weight excluding hydrogens is 465 g/mol. The van der Waals surface area contributed by atoms with E-state index in [1.807, 2.05) is 38.1 Å². The number of benzene rings is 1. The molecule has 0 bridgehead atoms. The SMILES string of the molecule is CCNC(=NCc1ccc(NC(=O)NC(C)C)cc1)NC1CCC(C)CC1.I. The minimum atomic E-state index is -0.184. The second-order valence-electron chi connectivity index (χ2n) is 7.75. The first-order valence-electron chi connectivity index (χ1n) is 10.2. The van der Waals surface area contributed by atoms with Crippen molar-refractivity contribution in [2.75, 3.05) is 11.9 Å². The van der Waals surface area contributed by atoms with E-state index in [0.29, 0.717) is 12.6 Å². The predicted molar refractivity (Wildman–Crippen MR) is 129 cm³/mol. The Morgan fingerprint density at radius 2 is 1.79 bits per heavy atom. The van der Waals surface area contributed by atoms with Gasteiger partial charge in [-0.05, 0) is 70.1 Å². The number of nitrogens with zero attached hydrogens (tertiary/aromatic N) is 1. The highest BCUT2D eigenvalue weighted by Crippen LogP contribution is 2.23. The van der Waals surface area contributed by atoms with E-state index in [1.165, 1.54) is 25.7 Å². The van der Waals surface area contributed by atoms with Crippen LogP contribution in [0.3, 0.4) is 0 Å². The maximum absolute atomic E-state index is 11.7. The van der Waals surface area contributed by atoms with Gasteiger partial charge >= 0.3 is 6.03 Å². The van der Waals surface area contributed by atoms with Crippen LogP contribution < -0.4 is 21.3 Å². The molecule has 0 radical (unpaired) electrons. The molecule has 158 valence electrons. The van der Waals surface area contributed by atoms with Crippen LogP contribution in [0, 0.1) is 5.92 Å². The Morgan fingerprint density at radius 3 is 2.36 bits per heavy atom. The standard InChI is InChI=1S/C21H35N5O.HI/c1-5-22-20(25-18-10-6-16(4)7-11-18)23-14-17-8-12-19(13-9-17)26-21(27)24-15(2)3;/h8-9,12-13,15-16,18H,5-7,10-11,14H2,1-4H3,(H2,22,23,25)(H2,24,26,27);1H. The van der Waals surface area contributed by atoms with Crippen molar-refractivity contribution in [3.8, 4) is 0 Å². The summed E-state index contributed by atoms with van der Waals surface area (Å²) in [5.74, 6) is 1.73. The Bertz CT molecular complexity index is 610. The van der Waals surface area contributed by atoms with Crippen LogP contribution in [0.1, 0.15) is 58.9 Å². The summed E-state index contributed by atoms with van der Waals surface area (Å²) in [6, 6.07) is 8.27. The van der Waals surface area contributed by atoms with Gasteiger partial charge in [-0.3, -0.25) is 0 Å². The van der Waals surface area contributed by atoms with Crippen molar-refractivity contribution in [3.05, 3.63) is 29.8 Å². The molecule has 0 atom stereocenters. The first kappa shape index (κ1) is 24.5. The molecule has 1 saturated carbocycles. The number of hydrogen-bond acceptors (Lipinski definition) is 2. The molecule has 1 aromatic rings. The van der Waals surface area contributed by atoms with Crippen LogP contribution in [-0.4, -0.2) is 30.6 Å². The molecule has 1 aliphatic rings. The van der Waals surface area contributed by atoms with Gasteiger partial charge in [0, 0.05) is 24.3 Å². The highest BCUT2D eigenvalue weighted by atomic mass is 127. The molecule has 0 spiro atoms. The number of carbonyl (C=O) groups is 1. The first-order valence-corrected chi connectivity index (χ1v) is 10.2. The fourth-order valence-corrected chi connectivity index (χ4v) is 3.21. The van der Waals surface area contributed by atoms with Crippen molar-refractivity contribution >= 4 is 41.7 Å². The Morgan fingerprint density at radius 1 is 1.14 bits per heavy atom. The van der Waals surface area contributed by atoms with Gasteiger partial charge in [0.05, 0.1) is 6.54 Å². The van der Waals surface area contributed by atoms with Gasteiger partial charge in [-0.2, -0.15) is 0 Å². The molecule has 6 nitrogen and oxygen atoms in total. The van der Waals surface area contributed by atoms with Gasteiger partial charge in [-0.15, -0.1) is 24.0 Å². The number of carbonyl (C=O) groups excluding carboxylic acids is 1. The van der Waals surface area contributed by atoms with E-state index in [1.54, 1.807) is 0 Å². The molecule has 7 heteroatoms. The van der Waals surface area contributed by atoms with E-state index in [-0.39, 0.29) is 36.0 Å². The number of aliphatic imine (C=N–C) groups is 1. The smallest absolute Gasteiger partial charge is 0.319 e. The monoisotopic (exact) mass is 501 g/mol. The molecule has 2 rings (SSSR count). The summed E-state index contributed by atoms with van der Waals surface area (Å²) in [6.45, 7) is 9.75. The Hall–Kier alpha value is -1.51. The number of nitrogens with one attached hydrogen (secondary N) is 4. The van der Waals surface area contributed by atoms with Crippen molar-refractivity contribution in [1.29, 1.82) is 0 Å². The summed E-state index contributed by atoms with van der Waals surface area (Å²) in [5.41, 5.74) is 1.89. The highest BCUT2D eigenvalue weighted by Gasteiger charge is 2.18. The summed E-state index contributed by atoms with van der Waals surface area (Å²) in [4.78, 5) is 16.5. The van der Waals surface area contributed by atoms with Gasteiger partial charge in [-0.1, -0.05) is 19.1 Å². The molecule has 0 aromatic heterocycles. The van der Waals surface area contributed by atoms with E-state index in [0.717, 1.165) is 29.7 Å². The summed E-state index contributed by atoms with van der Waals surface area (Å²) >= 11 is 0. The maximum atomic E-state index is 11.7. The van der Waals surface area contributed by atoms with Crippen molar-refractivity contribution in [3.63, 3.8) is 0 Å². The highest BCUT2D eigenvalue weighted by molar-refractivity contribution is 14.0. The lowest BCUT2D eigenvalue weighted by atomic mass is 9.87. The molecule has 0 saturated heterocycles. The van der Waals surface area contributed by atoms with Gasteiger partial charge in [0.2, 0.25) is 0 Å². The number of amides is 2. The summed E-state index contributed by atoms with van der Waals surface area (Å²) in [6.07, 6.45) is 5.00. The molecule has 1 aliphatic carbocycles. The molecule has 2 amide bonds. The topological polar surface area (TPSA) is 77.5 Å². The summed E-state index contributed by atoms with van der Waals surface area (Å²) in [5, 5.41) is 12.6. The fourth-order valence-electron chi connectivity index (χ4n) is 3.21. The third-order valence-electron chi connectivity index (χ3n) is 4.75. The van der Waals surface area contributed by atoms with Crippen LogP contribution >= 0.6 is 24.0 Å². The van der Waals surface area contributed by atoms with E-state index in [9.17, 15) is 4.79 Å². The Balaban J connectivity index is 0.00000392. The van der Waals surface area contributed by atoms with Crippen LogP contribution in [0.15, 0.2) is 29.3 Å². The number of hydrogen-bond donors (Lipinski definition) is 4. The van der Waals surface area contributed by atoms with Crippen LogP contribution in [-0.2, 0) is 6.54 Å². The van der Waals surface area contributed by atoms with Gasteiger partial charge < -0.3 is 21.3 Å². The van der Waals surface area contributed by atoms with Crippen molar-refractivity contribution in [2.24, 2.45) is 10.9 Å². The van der Waals surface area contributed by atoms with Gasteiger partial charge in [0.1, 0.15) is 0 Å². The van der Waals surface area contributed by atoms with Crippen LogP contribution in [0.2, 0.25) is 0 Å². The van der Waals surface area contributed by atoms with Crippen LogP contribution in [0.5, 0.6) is 0 Å². The third-order valence-corrected chi connectivity index (χ3v) is 4.75. The average Bonchev–Trinajstić information content (AvgIpc) is 2.62. The maximum Gasteiger partial charge on any atom is 0.319 e. The first-order chi connectivity index (χ1) is 13.0. The van der Waals surface area contributed by atoms with Crippen molar-refractivity contribution in [1.82, 2.24) is 16.0 Å². The second kappa shape index (κ2) is 12.9. The summed E-state index contributed by atoms with van der Waals surface area (Å²) in [7, 11) is 0. The lowest BCUT2D eigenvalue weighted by Gasteiger charge is -2.28. The minimum absolute atomic E-state index is 0. The van der Waals surface area contributed by atoms with Crippen LogP contribution in [0.4, 0.5) is 10.5 Å². The van der Waals surface area contributed by atoms with E-state index < -0.39 is 0 Å². The Kier molecular flexibility index (Phi) is 11.3. The predicted octanol–water partition coefficient (Wildman–Crippen LogP) is 4.47. The zero-order valence-corrected chi connectivity index (χ0v) is 19.9. The number of anilines is 1. The number of halogens is 1. The normalized spacial score (nSPS) is 19.5. The largest absolute Gasteiger partial charge is 0.357 e. The van der Waals surface area contributed by atoms with Crippen LogP contribution in [0.25, 0.3) is 0 Å². The lowest BCUT2D eigenvalue weighted by Crippen LogP contribution is -2.44. The molecule has 1 fully saturated rings. The molecule has 0 aliphatic heterocycles. The lowest BCUT2D eigenvalue weighted by molar-refractivity contribution is 0.250. The quantitative estimate of drug-likeness (QED) is 0.264. The van der Waals surface area contributed by atoms with E-state index in [4.69, 9.17) is 4.99 Å². The summed E-state index contributed by atoms with van der Waals surface area (Å²) < 4.78 is 0. The molecular formula is C21H36IN5O. The molecule has 28 heavy (non-hydrogen) atoms. The zero-order valence-electron chi connectivity index (χ0n) is 17.5. The van der Waals surface area contributed by atoms with Crippen molar-refractivity contribution in [2.45, 2.75) is 72.0 Å².